The van der Waals surface area contributed by atoms with Gasteiger partial charge in [0, 0.05) is 51.8 Å². The molecule has 0 radical (unpaired) electrons. The van der Waals surface area contributed by atoms with Gasteiger partial charge in [0.25, 0.3) is 5.91 Å². The number of hydrogen-bond acceptors (Lipinski definition) is 6. The highest BCUT2D eigenvalue weighted by Crippen LogP contribution is 2.33. The molecular formula is C31H38FN5O5. The Labute approximate surface area is 245 Å². The maximum atomic E-state index is 14.4. The average molecular weight is 580 g/mol. The van der Waals surface area contributed by atoms with E-state index in [1.807, 2.05) is 18.2 Å². The van der Waals surface area contributed by atoms with E-state index in [1.54, 1.807) is 11.9 Å². The third kappa shape index (κ3) is 6.34. The zero-order valence-corrected chi connectivity index (χ0v) is 24.1. The summed E-state index contributed by atoms with van der Waals surface area (Å²) in [6.07, 6.45) is 2.21. The maximum absolute atomic E-state index is 14.4. The second kappa shape index (κ2) is 12.8. The van der Waals surface area contributed by atoms with Gasteiger partial charge in [-0.25, -0.2) is 4.39 Å². The lowest BCUT2D eigenvalue weighted by Gasteiger charge is -2.28. The molecule has 3 atom stereocenters. The number of likely N-dealkylation sites (N-methyl/N-ethyl adjacent to an activating group) is 2. The first kappa shape index (κ1) is 29.3. The second-order valence-corrected chi connectivity index (χ2v) is 11.3. The van der Waals surface area contributed by atoms with Crippen molar-refractivity contribution >= 4 is 29.3 Å². The van der Waals surface area contributed by atoms with Gasteiger partial charge in [-0.3, -0.25) is 19.2 Å². The van der Waals surface area contributed by atoms with Crippen LogP contribution in [0.1, 0.15) is 53.9 Å². The number of hydrogen-bond donors (Lipinski definition) is 2. The number of nitrogens with one attached hydrogen (secondary N) is 2. The van der Waals surface area contributed by atoms with Gasteiger partial charge in [-0.05, 0) is 55.5 Å². The Kier molecular flexibility index (Phi) is 8.94. The van der Waals surface area contributed by atoms with Crippen LogP contribution < -0.4 is 15.4 Å². The van der Waals surface area contributed by atoms with Crippen molar-refractivity contribution in [2.24, 2.45) is 0 Å². The van der Waals surface area contributed by atoms with Gasteiger partial charge in [0.1, 0.15) is 24.2 Å². The van der Waals surface area contributed by atoms with E-state index in [-0.39, 0.29) is 61.1 Å². The van der Waals surface area contributed by atoms with Crippen LogP contribution in [0.25, 0.3) is 0 Å². The molecule has 2 N–H and O–H groups in total. The lowest BCUT2D eigenvalue weighted by Crippen LogP contribution is -2.49. The van der Waals surface area contributed by atoms with Gasteiger partial charge in [-0.15, -0.1) is 0 Å². The largest absolute Gasteiger partial charge is 0.491 e. The van der Waals surface area contributed by atoms with E-state index >= 15 is 0 Å². The van der Waals surface area contributed by atoms with Crippen molar-refractivity contribution in [1.82, 2.24) is 20.0 Å². The summed E-state index contributed by atoms with van der Waals surface area (Å²) in [5.74, 6) is -1.67. The van der Waals surface area contributed by atoms with Gasteiger partial charge in [-0.1, -0.05) is 18.2 Å². The predicted octanol–water partition coefficient (Wildman–Crippen LogP) is 2.60. The molecule has 2 aromatic rings. The molecule has 11 heteroatoms. The summed E-state index contributed by atoms with van der Waals surface area (Å²) in [7, 11) is 3.04. The Balaban J connectivity index is 1.35. The van der Waals surface area contributed by atoms with Crippen molar-refractivity contribution in [3.8, 4) is 5.75 Å². The average Bonchev–Trinajstić information content (AvgIpc) is 3.63. The lowest BCUT2D eigenvalue weighted by atomic mass is 9.98. The third-order valence-electron chi connectivity index (χ3n) is 8.55. The number of carbonyl (C=O) groups excluding carboxylic acids is 4. The molecule has 0 aliphatic carbocycles. The molecule has 0 aromatic heterocycles. The number of carbonyl (C=O) groups is 4. The van der Waals surface area contributed by atoms with E-state index in [1.165, 1.54) is 34.5 Å². The highest BCUT2D eigenvalue weighted by molar-refractivity contribution is 5.99. The minimum atomic E-state index is -0.996. The summed E-state index contributed by atoms with van der Waals surface area (Å²) in [6.45, 7) is 1.75. The van der Waals surface area contributed by atoms with Crippen LogP contribution >= 0.6 is 0 Å². The number of ether oxygens (including phenoxy) is 1. The number of amides is 4. The molecular weight excluding hydrogens is 541 g/mol. The Hall–Kier alpha value is -4.15. The van der Waals surface area contributed by atoms with Crippen LogP contribution in [0.15, 0.2) is 42.5 Å². The number of anilines is 1. The van der Waals surface area contributed by atoms with Crippen LogP contribution in [-0.2, 0) is 14.4 Å². The molecule has 42 heavy (non-hydrogen) atoms. The normalized spacial score (nSPS) is 23.3. The van der Waals surface area contributed by atoms with Crippen molar-refractivity contribution in [2.75, 3.05) is 52.2 Å². The summed E-state index contributed by atoms with van der Waals surface area (Å²) < 4.78 is 20.4. The van der Waals surface area contributed by atoms with Crippen molar-refractivity contribution < 1.29 is 28.3 Å². The number of nitrogens with zero attached hydrogens (tertiary/aromatic N) is 3. The van der Waals surface area contributed by atoms with Crippen LogP contribution in [0.4, 0.5) is 10.1 Å². The fourth-order valence-electron chi connectivity index (χ4n) is 6.09. The van der Waals surface area contributed by atoms with Crippen molar-refractivity contribution in [3.63, 3.8) is 0 Å². The van der Waals surface area contributed by atoms with Gasteiger partial charge >= 0.3 is 0 Å². The van der Waals surface area contributed by atoms with Gasteiger partial charge < -0.3 is 30.1 Å². The summed E-state index contributed by atoms with van der Waals surface area (Å²) in [5.41, 5.74) is 2.28. The van der Waals surface area contributed by atoms with Gasteiger partial charge in [0.05, 0.1) is 18.2 Å². The number of benzene rings is 2. The molecule has 0 spiro atoms. The Morgan fingerprint density at radius 1 is 1.10 bits per heavy atom. The first-order valence-corrected chi connectivity index (χ1v) is 14.6. The molecule has 1 unspecified atom stereocenters. The Bertz CT molecular complexity index is 1350. The third-order valence-corrected chi connectivity index (χ3v) is 8.55. The first-order chi connectivity index (χ1) is 20.2. The smallest absolute Gasteiger partial charge is 0.258 e. The SMILES string of the molecule is CN1CC(=O)N2CCC[C@H]2COc2ccc(F)cc2C(=O)N(C)[C@H](C(=O)NCCC2CNc3ccccc32)CCC1=O. The number of fused-ring (bicyclic) bond motifs is 3. The Morgan fingerprint density at radius 2 is 1.90 bits per heavy atom. The van der Waals surface area contributed by atoms with E-state index < -0.39 is 23.7 Å². The molecule has 3 aliphatic rings. The van der Waals surface area contributed by atoms with Crippen LogP contribution in [-0.4, -0.2) is 97.3 Å². The van der Waals surface area contributed by atoms with E-state index in [0.717, 1.165) is 31.1 Å². The lowest BCUT2D eigenvalue weighted by molar-refractivity contribution is -0.140. The van der Waals surface area contributed by atoms with Crippen molar-refractivity contribution in [2.45, 2.75) is 50.1 Å². The highest BCUT2D eigenvalue weighted by Gasteiger charge is 2.34. The fourth-order valence-corrected chi connectivity index (χ4v) is 6.09. The quantitative estimate of drug-likeness (QED) is 0.576. The van der Waals surface area contributed by atoms with Crippen LogP contribution in [0.3, 0.4) is 0 Å². The molecule has 3 aliphatic heterocycles. The molecule has 3 heterocycles. The van der Waals surface area contributed by atoms with Gasteiger partial charge in [0.2, 0.25) is 17.7 Å². The molecule has 5 rings (SSSR count). The molecule has 2 aromatic carbocycles. The van der Waals surface area contributed by atoms with Crippen LogP contribution in [0.2, 0.25) is 0 Å². The number of halogens is 1. The highest BCUT2D eigenvalue weighted by atomic mass is 19.1. The number of rotatable bonds is 4. The van der Waals surface area contributed by atoms with Gasteiger partial charge in [0.15, 0.2) is 0 Å². The predicted molar refractivity (Wildman–Crippen MR) is 155 cm³/mol. The second-order valence-electron chi connectivity index (χ2n) is 11.3. The summed E-state index contributed by atoms with van der Waals surface area (Å²) >= 11 is 0. The molecule has 4 amide bonds. The first-order valence-electron chi connectivity index (χ1n) is 14.6. The molecule has 0 saturated carbocycles. The summed E-state index contributed by atoms with van der Waals surface area (Å²) in [5, 5.41) is 6.33. The minimum Gasteiger partial charge on any atom is -0.491 e. The van der Waals surface area contributed by atoms with E-state index in [2.05, 4.69) is 16.7 Å². The van der Waals surface area contributed by atoms with Crippen molar-refractivity contribution in [1.29, 1.82) is 0 Å². The summed E-state index contributed by atoms with van der Waals surface area (Å²) in [6, 6.07) is 10.6. The fraction of sp³-hybridized carbons (Fsp3) is 0.484. The summed E-state index contributed by atoms with van der Waals surface area (Å²) in [4.78, 5) is 57.6. The zero-order chi connectivity index (χ0) is 29.8. The number of para-hydroxylation sites is 1. The van der Waals surface area contributed by atoms with Gasteiger partial charge in [-0.2, -0.15) is 0 Å². The van der Waals surface area contributed by atoms with E-state index in [4.69, 9.17) is 4.74 Å². The van der Waals surface area contributed by atoms with Crippen LogP contribution in [0, 0.1) is 5.82 Å². The molecule has 0 bridgehead atoms. The molecule has 1 fully saturated rings. The van der Waals surface area contributed by atoms with Crippen molar-refractivity contribution in [3.05, 3.63) is 59.4 Å². The molecule has 224 valence electrons. The van der Waals surface area contributed by atoms with E-state index in [9.17, 15) is 23.6 Å². The Morgan fingerprint density at radius 3 is 2.74 bits per heavy atom. The zero-order valence-electron chi connectivity index (χ0n) is 24.1. The van der Waals surface area contributed by atoms with E-state index in [0.29, 0.717) is 19.5 Å². The topological polar surface area (TPSA) is 111 Å². The van der Waals surface area contributed by atoms with Crippen LogP contribution in [0.5, 0.6) is 5.75 Å². The maximum Gasteiger partial charge on any atom is 0.258 e. The molecule has 1 saturated heterocycles. The monoisotopic (exact) mass is 579 g/mol. The minimum absolute atomic E-state index is 0.0156. The standard InChI is InChI=1S/C31H38FN5O5/c1-35-18-29(39)37-15-5-6-22(37)19-42-27-11-9-21(32)16-24(27)31(41)36(2)26(10-12-28(35)38)30(40)33-14-13-20-17-34-25-8-4-3-7-23(20)25/h3-4,7-9,11,16,20,22,26,34H,5-6,10,12-15,17-19H2,1-2H3,(H,33,40)/t20?,22-,26-/m0/s1. The molecule has 10 nitrogen and oxygen atoms in total.